The fraction of sp³-hybridized carbons (Fsp3) is 0.500. The Hall–Kier alpha value is -1.55. The predicted molar refractivity (Wildman–Crippen MR) is 73.7 cm³/mol. The molecule has 1 aromatic carbocycles. The van der Waals surface area contributed by atoms with Gasteiger partial charge in [0, 0.05) is 11.8 Å². The van der Waals surface area contributed by atoms with E-state index in [1.54, 1.807) is 6.07 Å². The lowest BCUT2D eigenvalue weighted by atomic mass is 10.1. The van der Waals surface area contributed by atoms with Crippen LogP contribution in [0.25, 0.3) is 0 Å². The Morgan fingerprint density at radius 3 is 2.89 bits per heavy atom. The van der Waals surface area contributed by atoms with E-state index < -0.39 is 6.04 Å². The van der Waals surface area contributed by atoms with Crippen LogP contribution < -0.4 is 15.8 Å². The minimum Gasteiger partial charge on any atom is -0.494 e. The highest BCUT2D eigenvalue weighted by molar-refractivity contribution is 5.94. The van der Waals surface area contributed by atoms with E-state index in [2.05, 4.69) is 12.2 Å². The lowest BCUT2D eigenvalue weighted by molar-refractivity contribution is -0.117. The molecule has 3 N–H and O–H groups in total. The first-order valence-electron chi connectivity index (χ1n) is 6.46. The van der Waals surface area contributed by atoms with Gasteiger partial charge in [0.15, 0.2) is 0 Å². The molecule has 100 valence electrons. The van der Waals surface area contributed by atoms with Crippen LogP contribution in [0, 0.1) is 0 Å². The lowest BCUT2D eigenvalue weighted by Gasteiger charge is -2.12. The Bertz CT molecular complexity index is 380. The molecular weight excluding hydrogens is 228 g/mol. The normalized spacial score (nSPS) is 11.9. The highest BCUT2D eigenvalue weighted by Gasteiger charge is 2.12. The number of unbranched alkanes of at least 4 members (excludes halogenated alkanes) is 1. The van der Waals surface area contributed by atoms with E-state index in [9.17, 15) is 4.79 Å². The third kappa shape index (κ3) is 4.75. The van der Waals surface area contributed by atoms with Crippen molar-refractivity contribution in [3.63, 3.8) is 0 Å². The second-order valence-electron chi connectivity index (χ2n) is 4.20. The second-order valence-corrected chi connectivity index (χ2v) is 4.20. The first-order chi connectivity index (χ1) is 8.67. The molecule has 0 aliphatic rings. The topological polar surface area (TPSA) is 64.4 Å². The molecule has 1 amide bonds. The number of nitrogens with two attached hydrogens (primary N) is 1. The number of benzene rings is 1. The molecule has 4 nitrogen and oxygen atoms in total. The van der Waals surface area contributed by atoms with Crippen LogP contribution in [0.1, 0.15) is 33.1 Å². The number of carbonyl (C=O) groups excluding carboxylic acids is 1. The summed E-state index contributed by atoms with van der Waals surface area (Å²) in [6.07, 6.45) is 2.72. The van der Waals surface area contributed by atoms with Crippen LogP contribution in [-0.2, 0) is 4.79 Å². The van der Waals surface area contributed by atoms with Gasteiger partial charge in [-0.2, -0.15) is 0 Å². The molecule has 0 aliphatic carbocycles. The van der Waals surface area contributed by atoms with Gasteiger partial charge in [-0.1, -0.05) is 25.8 Å². The van der Waals surface area contributed by atoms with E-state index in [4.69, 9.17) is 10.5 Å². The van der Waals surface area contributed by atoms with Crippen molar-refractivity contribution in [2.45, 2.75) is 39.2 Å². The van der Waals surface area contributed by atoms with Gasteiger partial charge in [-0.3, -0.25) is 4.79 Å². The van der Waals surface area contributed by atoms with Crippen LogP contribution in [0.5, 0.6) is 5.75 Å². The molecule has 1 aromatic rings. The summed E-state index contributed by atoms with van der Waals surface area (Å²) >= 11 is 0. The number of carbonyl (C=O) groups is 1. The van der Waals surface area contributed by atoms with Crippen molar-refractivity contribution >= 4 is 11.6 Å². The summed E-state index contributed by atoms with van der Waals surface area (Å²) in [5.74, 6) is 0.606. The van der Waals surface area contributed by atoms with Crippen molar-refractivity contribution < 1.29 is 9.53 Å². The summed E-state index contributed by atoms with van der Waals surface area (Å²) in [4.78, 5) is 11.8. The van der Waals surface area contributed by atoms with Crippen LogP contribution in [0.4, 0.5) is 5.69 Å². The molecule has 1 atom stereocenters. The number of ether oxygens (including phenoxy) is 1. The van der Waals surface area contributed by atoms with Crippen molar-refractivity contribution in [2.75, 3.05) is 11.9 Å². The molecule has 0 fully saturated rings. The molecule has 1 rings (SSSR count). The van der Waals surface area contributed by atoms with E-state index in [0.717, 1.165) is 24.3 Å². The highest BCUT2D eigenvalue weighted by atomic mass is 16.5. The zero-order chi connectivity index (χ0) is 13.4. The minimum absolute atomic E-state index is 0.142. The zero-order valence-electron chi connectivity index (χ0n) is 11.1. The monoisotopic (exact) mass is 250 g/mol. The SMILES string of the molecule is CCCC[C@H](N)C(=O)Nc1cccc(OCC)c1. The van der Waals surface area contributed by atoms with E-state index >= 15 is 0 Å². The predicted octanol–water partition coefficient (Wildman–Crippen LogP) is 2.54. The highest BCUT2D eigenvalue weighted by Crippen LogP contribution is 2.17. The molecule has 0 aliphatic heterocycles. The number of amides is 1. The quantitative estimate of drug-likeness (QED) is 0.781. The van der Waals surface area contributed by atoms with Gasteiger partial charge in [0.1, 0.15) is 5.75 Å². The third-order valence-corrected chi connectivity index (χ3v) is 2.62. The fourth-order valence-corrected chi connectivity index (χ4v) is 1.62. The van der Waals surface area contributed by atoms with Gasteiger partial charge in [-0.05, 0) is 25.5 Å². The smallest absolute Gasteiger partial charge is 0.241 e. The number of hydrogen-bond donors (Lipinski definition) is 2. The van der Waals surface area contributed by atoms with Crippen molar-refractivity contribution in [3.8, 4) is 5.75 Å². The van der Waals surface area contributed by atoms with Gasteiger partial charge in [0.25, 0.3) is 0 Å². The summed E-state index contributed by atoms with van der Waals surface area (Å²) in [6, 6.07) is 6.88. The summed E-state index contributed by atoms with van der Waals surface area (Å²) in [5, 5.41) is 2.81. The molecule has 18 heavy (non-hydrogen) atoms. The molecule has 0 heterocycles. The van der Waals surface area contributed by atoms with E-state index in [1.165, 1.54) is 0 Å². The molecule has 0 spiro atoms. The van der Waals surface area contributed by atoms with Crippen molar-refractivity contribution in [2.24, 2.45) is 5.73 Å². The number of nitrogens with one attached hydrogen (secondary N) is 1. The average molecular weight is 250 g/mol. The molecule has 0 aromatic heterocycles. The molecule has 4 heteroatoms. The minimum atomic E-state index is -0.444. The fourth-order valence-electron chi connectivity index (χ4n) is 1.62. The van der Waals surface area contributed by atoms with Gasteiger partial charge < -0.3 is 15.8 Å². The van der Waals surface area contributed by atoms with Crippen molar-refractivity contribution in [1.82, 2.24) is 0 Å². The molecule has 0 saturated heterocycles. The number of hydrogen-bond acceptors (Lipinski definition) is 3. The summed E-state index contributed by atoms with van der Waals surface area (Å²) in [6.45, 7) is 4.61. The largest absolute Gasteiger partial charge is 0.494 e. The summed E-state index contributed by atoms with van der Waals surface area (Å²) in [5.41, 5.74) is 6.52. The van der Waals surface area contributed by atoms with Gasteiger partial charge in [-0.15, -0.1) is 0 Å². The number of anilines is 1. The maximum Gasteiger partial charge on any atom is 0.241 e. The van der Waals surface area contributed by atoms with E-state index in [0.29, 0.717) is 13.0 Å². The average Bonchev–Trinajstić information content (AvgIpc) is 2.36. The summed E-state index contributed by atoms with van der Waals surface area (Å²) < 4.78 is 5.37. The second kappa shape index (κ2) is 7.71. The van der Waals surface area contributed by atoms with Crippen LogP contribution >= 0.6 is 0 Å². The third-order valence-electron chi connectivity index (χ3n) is 2.62. The molecule has 0 saturated carbocycles. The Morgan fingerprint density at radius 1 is 1.44 bits per heavy atom. The van der Waals surface area contributed by atoms with Gasteiger partial charge >= 0.3 is 0 Å². The van der Waals surface area contributed by atoms with Gasteiger partial charge in [0.2, 0.25) is 5.91 Å². The van der Waals surface area contributed by atoms with Gasteiger partial charge in [-0.25, -0.2) is 0 Å². The first-order valence-corrected chi connectivity index (χ1v) is 6.46. The Balaban J connectivity index is 2.55. The maximum absolute atomic E-state index is 11.8. The van der Waals surface area contributed by atoms with Crippen LogP contribution in [0.3, 0.4) is 0 Å². The first kappa shape index (κ1) is 14.5. The van der Waals surface area contributed by atoms with E-state index in [-0.39, 0.29) is 5.91 Å². The molecule has 0 radical (unpaired) electrons. The van der Waals surface area contributed by atoms with E-state index in [1.807, 2.05) is 25.1 Å². The van der Waals surface area contributed by atoms with Gasteiger partial charge in [0.05, 0.1) is 12.6 Å². The summed E-state index contributed by atoms with van der Waals surface area (Å²) in [7, 11) is 0. The standard InChI is InChI=1S/C14H22N2O2/c1-3-5-9-13(15)14(17)16-11-7-6-8-12(10-11)18-4-2/h6-8,10,13H,3-5,9,15H2,1-2H3,(H,16,17)/t13-/m0/s1. The zero-order valence-corrected chi connectivity index (χ0v) is 11.1. The lowest BCUT2D eigenvalue weighted by Crippen LogP contribution is -2.35. The van der Waals surface area contributed by atoms with Crippen LogP contribution in [0.15, 0.2) is 24.3 Å². The molecule has 0 bridgehead atoms. The van der Waals surface area contributed by atoms with Crippen LogP contribution in [0.2, 0.25) is 0 Å². The number of rotatable bonds is 7. The molecular formula is C14H22N2O2. The molecule has 0 unspecified atom stereocenters. The van der Waals surface area contributed by atoms with Crippen LogP contribution in [-0.4, -0.2) is 18.6 Å². The Morgan fingerprint density at radius 2 is 2.22 bits per heavy atom. The van der Waals surface area contributed by atoms with Crippen molar-refractivity contribution in [3.05, 3.63) is 24.3 Å². The Kier molecular flexibility index (Phi) is 6.22. The van der Waals surface area contributed by atoms with Crippen molar-refractivity contribution in [1.29, 1.82) is 0 Å². The Labute approximate surface area is 109 Å². The maximum atomic E-state index is 11.8.